The van der Waals surface area contributed by atoms with Crippen molar-refractivity contribution in [3.8, 4) is 0 Å². The van der Waals surface area contributed by atoms with Crippen LogP contribution in [0.2, 0.25) is 0 Å². The Morgan fingerprint density at radius 1 is 1.19 bits per heavy atom. The van der Waals surface area contributed by atoms with Gasteiger partial charge < -0.3 is 0 Å². The summed E-state index contributed by atoms with van der Waals surface area (Å²) in [7, 11) is 0. The summed E-state index contributed by atoms with van der Waals surface area (Å²) in [6.07, 6.45) is 0.932. The number of ketones is 1. The fourth-order valence-electron chi connectivity index (χ4n) is 1.43. The fraction of sp³-hybridized carbons (Fsp3) is 0.154. The van der Waals surface area contributed by atoms with Crippen LogP contribution in [-0.4, -0.2) is 5.78 Å². The summed E-state index contributed by atoms with van der Waals surface area (Å²) in [6, 6.07) is 9.44. The topological polar surface area (TPSA) is 17.1 Å². The molecule has 1 aromatic heterocycles. The zero-order chi connectivity index (χ0) is 11.5. The van der Waals surface area contributed by atoms with Gasteiger partial charge in [-0.25, -0.2) is 4.39 Å². The van der Waals surface area contributed by atoms with E-state index in [9.17, 15) is 9.18 Å². The summed E-state index contributed by atoms with van der Waals surface area (Å²) in [6.45, 7) is 2.05. The van der Waals surface area contributed by atoms with E-state index in [0.717, 1.165) is 6.42 Å². The summed E-state index contributed by atoms with van der Waals surface area (Å²) in [5.41, 5.74) is 0.533. The van der Waals surface area contributed by atoms with Crippen LogP contribution in [0.3, 0.4) is 0 Å². The molecule has 0 fully saturated rings. The van der Waals surface area contributed by atoms with Crippen molar-refractivity contribution in [1.82, 2.24) is 0 Å². The van der Waals surface area contributed by atoms with Crippen LogP contribution in [0.4, 0.5) is 4.39 Å². The second-order valence-corrected chi connectivity index (χ2v) is 4.62. The molecule has 0 aliphatic heterocycles. The van der Waals surface area contributed by atoms with Crippen molar-refractivity contribution in [3.63, 3.8) is 0 Å². The lowest BCUT2D eigenvalue weighted by Gasteiger charge is -1.97. The molecule has 3 heteroatoms. The summed E-state index contributed by atoms with van der Waals surface area (Å²) in [5, 5.41) is 0. The molecule has 0 spiro atoms. The molecular formula is C13H11FOS. The van der Waals surface area contributed by atoms with E-state index in [0.29, 0.717) is 10.4 Å². The van der Waals surface area contributed by atoms with Crippen LogP contribution in [0.1, 0.15) is 27.0 Å². The monoisotopic (exact) mass is 234 g/mol. The predicted molar refractivity (Wildman–Crippen MR) is 63.5 cm³/mol. The van der Waals surface area contributed by atoms with Gasteiger partial charge in [0.05, 0.1) is 4.88 Å². The Kier molecular flexibility index (Phi) is 3.15. The van der Waals surface area contributed by atoms with E-state index in [4.69, 9.17) is 0 Å². The van der Waals surface area contributed by atoms with Gasteiger partial charge in [0.25, 0.3) is 0 Å². The maximum Gasteiger partial charge on any atom is 0.202 e. The highest BCUT2D eigenvalue weighted by Crippen LogP contribution is 2.20. The first kappa shape index (κ1) is 11.0. The number of thiophene rings is 1. The molecule has 1 heterocycles. The van der Waals surface area contributed by atoms with E-state index >= 15 is 0 Å². The number of carbonyl (C=O) groups is 1. The first-order chi connectivity index (χ1) is 7.70. The number of rotatable bonds is 3. The standard InChI is InChI=1S/C13H11FOS/c1-2-11-7-8-12(16-11)13(15)9-3-5-10(14)6-4-9/h3-8H,2H2,1H3. The zero-order valence-electron chi connectivity index (χ0n) is 8.87. The molecule has 0 aliphatic carbocycles. The third kappa shape index (κ3) is 2.19. The van der Waals surface area contributed by atoms with Crippen molar-refractivity contribution in [2.45, 2.75) is 13.3 Å². The normalized spacial score (nSPS) is 10.4. The summed E-state index contributed by atoms with van der Waals surface area (Å²) in [4.78, 5) is 13.9. The SMILES string of the molecule is CCc1ccc(C(=O)c2ccc(F)cc2)s1. The van der Waals surface area contributed by atoms with E-state index < -0.39 is 0 Å². The highest BCUT2D eigenvalue weighted by molar-refractivity contribution is 7.14. The van der Waals surface area contributed by atoms with Crippen LogP contribution in [0.15, 0.2) is 36.4 Å². The number of hydrogen-bond acceptors (Lipinski definition) is 2. The molecule has 0 atom stereocenters. The van der Waals surface area contributed by atoms with Gasteiger partial charge in [0.1, 0.15) is 5.82 Å². The summed E-state index contributed by atoms with van der Waals surface area (Å²) >= 11 is 1.50. The van der Waals surface area contributed by atoms with Gasteiger partial charge in [0, 0.05) is 10.4 Å². The number of carbonyl (C=O) groups excluding carboxylic acids is 1. The number of aryl methyl sites for hydroxylation is 1. The van der Waals surface area contributed by atoms with Gasteiger partial charge in [-0.1, -0.05) is 6.92 Å². The van der Waals surface area contributed by atoms with Crippen molar-refractivity contribution >= 4 is 17.1 Å². The third-order valence-corrected chi connectivity index (χ3v) is 3.57. The Morgan fingerprint density at radius 3 is 2.44 bits per heavy atom. The molecule has 1 nitrogen and oxygen atoms in total. The maximum atomic E-state index is 12.7. The summed E-state index contributed by atoms with van der Waals surface area (Å²) in [5.74, 6) is -0.360. The van der Waals surface area contributed by atoms with Crippen molar-refractivity contribution < 1.29 is 9.18 Å². The molecule has 0 saturated heterocycles. The molecule has 2 rings (SSSR count). The number of benzene rings is 1. The fourth-order valence-corrected chi connectivity index (χ4v) is 2.34. The van der Waals surface area contributed by atoms with Crippen molar-refractivity contribution in [3.05, 3.63) is 57.5 Å². The predicted octanol–water partition coefficient (Wildman–Crippen LogP) is 3.68. The maximum absolute atomic E-state index is 12.7. The molecule has 1 aromatic carbocycles. The Morgan fingerprint density at radius 2 is 1.88 bits per heavy atom. The average molecular weight is 234 g/mol. The molecule has 0 radical (unpaired) electrons. The van der Waals surface area contributed by atoms with Gasteiger partial charge in [-0.3, -0.25) is 4.79 Å². The van der Waals surface area contributed by atoms with Gasteiger partial charge in [-0.15, -0.1) is 11.3 Å². The Balaban J connectivity index is 2.28. The van der Waals surface area contributed by atoms with E-state index in [1.54, 1.807) is 0 Å². The number of hydrogen-bond donors (Lipinski definition) is 0. The van der Waals surface area contributed by atoms with E-state index in [2.05, 4.69) is 6.92 Å². The van der Waals surface area contributed by atoms with Crippen molar-refractivity contribution in [1.29, 1.82) is 0 Å². The lowest BCUT2D eigenvalue weighted by atomic mass is 10.1. The zero-order valence-corrected chi connectivity index (χ0v) is 9.68. The van der Waals surface area contributed by atoms with Crippen LogP contribution >= 0.6 is 11.3 Å². The van der Waals surface area contributed by atoms with Crippen molar-refractivity contribution in [2.75, 3.05) is 0 Å². The first-order valence-electron chi connectivity index (χ1n) is 5.09. The lowest BCUT2D eigenvalue weighted by molar-refractivity contribution is 0.104. The second kappa shape index (κ2) is 4.58. The van der Waals surface area contributed by atoms with E-state index in [-0.39, 0.29) is 11.6 Å². The van der Waals surface area contributed by atoms with Crippen LogP contribution in [-0.2, 0) is 6.42 Å². The van der Waals surface area contributed by atoms with Gasteiger partial charge in [-0.05, 0) is 42.8 Å². The smallest absolute Gasteiger partial charge is 0.202 e. The Bertz CT molecular complexity index is 499. The minimum absolute atomic E-state index is 0.0373. The third-order valence-electron chi connectivity index (χ3n) is 2.34. The Hall–Kier alpha value is -1.48. The second-order valence-electron chi connectivity index (χ2n) is 3.46. The lowest BCUT2D eigenvalue weighted by Crippen LogP contribution is -1.97. The van der Waals surface area contributed by atoms with Gasteiger partial charge in [-0.2, -0.15) is 0 Å². The van der Waals surface area contributed by atoms with E-state index in [1.807, 2.05) is 12.1 Å². The molecule has 82 valence electrons. The van der Waals surface area contributed by atoms with Crippen LogP contribution in [0, 0.1) is 5.82 Å². The summed E-state index contributed by atoms with van der Waals surface area (Å²) < 4.78 is 12.7. The Labute approximate surface area is 97.6 Å². The minimum atomic E-state index is -0.322. The minimum Gasteiger partial charge on any atom is -0.288 e. The molecule has 16 heavy (non-hydrogen) atoms. The number of halogens is 1. The molecule has 0 aliphatic rings. The molecule has 2 aromatic rings. The molecular weight excluding hydrogens is 223 g/mol. The van der Waals surface area contributed by atoms with Crippen LogP contribution in [0.5, 0.6) is 0 Å². The van der Waals surface area contributed by atoms with Crippen LogP contribution < -0.4 is 0 Å². The molecule has 0 bridgehead atoms. The highest BCUT2D eigenvalue weighted by atomic mass is 32.1. The quantitative estimate of drug-likeness (QED) is 0.740. The molecule has 0 unspecified atom stereocenters. The van der Waals surface area contributed by atoms with Crippen molar-refractivity contribution in [2.24, 2.45) is 0 Å². The molecule has 0 amide bonds. The first-order valence-corrected chi connectivity index (χ1v) is 5.91. The van der Waals surface area contributed by atoms with E-state index in [1.165, 1.54) is 40.5 Å². The molecule has 0 saturated carbocycles. The molecule has 0 N–H and O–H groups in total. The average Bonchev–Trinajstić information content (AvgIpc) is 2.77. The van der Waals surface area contributed by atoms with Gasteiger partial charge in [0.15, 0.2) is 0 Å². The van der Waals surface area contributed by atoms with Crippen LogP contribution in [0.25, 0.3) is 0 Å². The highest BCUT2D eigenvalue weighted by Gasteiger charge is 2.11. The van der Waals surface area contributed by atoms with Gasteiger partial charge >= 0.3 is 0 Å². The largest absolute Gasteiger partial charge is 0.288 e. The van der Waals surface area contributed by atoms with Gasteiger partial charge in [0.2, 0.25) is 5.78 Å².